The molecule has 0 spiro atoms. The number of nitrogens with one attached hydrogen (secondary N) is 2. The second kappa shape index (κ2) is 10.8. The molecule has 2 N–H and O–H groups in total. The van der Waals surface area contributed by atoms with Crippen LogP contribution in [0.3, 0.4) is 0 Å². The van der Waals surface area contributed by atoms with Gasteiger partial charge in [-0.25, -0.2) is 9.97 Å². The lowest BCUT2D eigenvalue weighted by Crippen LogP contribution is -2.44. The average molecular weight is 503 g/mol. The van der Waals surface area contributed by atoms with Crippen LogP contribution >= 0.6 is 11.8 Å². The number of para-hydroxylation sites is 1. The third-order valence-corrected chi connectivity index (χ3v) is 7.52. The minimum Gasteiger partial charge on any atom is -0.496 e. The molecule has 1 saturated heterocycles. The first-order valence-corrected chi connectivity index (χ1v) is 13.3. The fraction of sp³-hybridized carbons (Fsp3) is 0.357. The number of aromatic amines is 1. The Morgan fingerprint density at radius 3 is 2.64 bits per heavy atom. The van der Waals surface area contributed by atoms with Crippen LogP contribution in [0.5, 0.6) is 5.75 Å². The molecule has 0 radical (unpaired) electrons. The first-order valence-electron chi connectivity index (χ1n) is 12.5. The molecule has 4 aromatic rings. The fourth-order valence-electron chi connectivity index (χ4n) is 4.53. The van der Waals surface area contributed by atoms with Gasteiger partial charge in [0.15, 0.2) is 5.82 Å². The number of methoxy groups -OCH3 is 1. The van der Waals surface area contributed by atoms with Gasteiger partial charge in [0.05, 0.1) is 18.3 Å². The number of nitrogens with zero attached hydrogens (tertiary/aromatic N) is 4. The van der Waals surface area contributed by atoms with Gasteiger partial charge < -0.3 is 24.8 Å². The first kappa shape index (κ1) is 24.5. The summed E-state index contributed by atoms with van der Waals surface area (Å²) in [6.45, 7) is 8.60. The van der Waals surface area contributed by atoms with E-state index in [1.165, 1.54) is 10.6 Å². The van der Waals surface area contributed by atoms with E-state index in [9.17, 15) is 0 Å². The highest BCUT2D eigenvalue weighted by Gasteiger charge is 2.17. The van der Waals surface area contributed by atoms with E-state index in [1.54, 1.807) is 7.11 Å². The van der Waals surface area contributed by atoms with Crippen LogP contribution in [0.15, 0.2) is 59.6 Å². The van der Waals surface area contributed by atoms with E-state index in [0.717, 1.165) is 65.9 Å². The summed E-state index contributed by atoms with van der Waals surface area (Å²) in [7, 11) is 3.91. The molecule has 2 aromatic carbocycles. The number of likely N-dealkylation sites (N-methyl/N-ethyl adjacent to an activating group) is 1. The van der Waals surface area contributed by atoms with Gasteiger partial charge in [-0.3, -0.25) is 0 Å². The van der Waals surface area contributed by atoms with Crippen molar-refractivity contribution in [3.8, 4) is 5.75 Å². The zero-order valence-corrected chi connectivity index (χ0v) is 22.2. The maximum atomic E-state index is 5.80. The van der Waals surface area contributed by atoms with E-state index in [4.69, 9.17) is 14.7 Å². The van der Waals surface area contributed by atoms with Gasteiger partial charge in [-0.15, -0.1) is 11.8 Å². The number of rotatable bonds is 8. The van der Waals surface area contributed by atoms with Crippen LogP contribution in [-0.4, -0.2) is 65.4 Å². The van der Waals surface area contributed by atoms with E-state index in [1.807, 2.05) is 30.1 Å². The maximum absolute atomic E-state index is 5.80. The largest absolute Gasteiger partial charge is 0.496 e. The van der Waals surface area contributed by atoms with Crippen LogP contribution in [0.1, 0.15) is 25.2 Å². The van der Waals surface area contributed by atoms with Crippen molar-refractivity contribution in [3.63, 3.8) is 0 Å². The number of hydrogen-bond donors (Lipinski definition) is 2. The molecule has 1 aliphatic heterocycles. The second-order valence-corrected chi connectivity index (χ2v) is 11.1. The predicted molar refractivity (Wildman–Crippen MR) is 150 cm³/mol. The number of piperazine rings is 1. The number of anilines is 3. The van der Waals surface area contributed by atoms with Crippen molar-refractivity contribution in [2.45, 2.75) is 30.4 Å². The normalized spacial score (nSPS) is 14.5. The lowest BCUT2D eigenvalue weighted by atomic mass is 10.1. The van der Waals surface area contributed by atoms with Crippen LogP contribution in [0.2, 0.25) is 0 Å². The highest BCUT2D eigenvalue weighted by atomic mass is 32.2. The van der Waals surface area contributed by atoms with Gasteiger partial charge in [0, 0.05) is 66.3 Å². The van der Waals surface area contributed by atoms with E-state index in [0.29, 0.717) is 11.7 Å². The Hall–Kier alpha value is -3.23. The molecule has 5 rings (SSSR count). The van der Waals surface area contributed by atoms with Crippen molar-refractivity contribution in [1.82, 2.24) is 19.9 Å². The number of fused-ring (bicyclic) bond motifs is 1. The molecule has 3 heterocycles. The van der Waals surface area contributed by atoms with Crippen LogP contribution in [0.25, 0.3) is 11.0 Å². The lowest BCUT2D eigenvalue weighted by molar-refractivity contribution is 0.312. The molecule has 36 heavy (non-hydrogen) atoms. The Balaban J connectivity index is 1.43. The molecular formula is C28H34N6OS. The minimum atomic E-state index is 0.487. The number of H-pyrrole nitrogens is 1. The molecular weight excluding hydrogens is 468 g/mol. The summed E-state index contributed by atoms with van der Waals surface area (Å²) >= 11 is 1.84. The summed E-state index contributed by atoms with van der Waals surface area (Å²) in [5.74, 6) is 2.41. The topological polar surface area (TPSA) is 69.3 Å². The molecule has 0 saturated carbocycles. The van der Waals surface area contributed by atoms with E-state index < -0.39 is 0 Å². The van der Waals surface area contributed by atoms with Crippen molar-refractivity contribution in [1.29, 1.82) is 0 Å². The summed E-state index contributed by atoms with van der Waals surface area (Å²) in [4.78, 5) is 19.1. The van der Waals surface area contributed by atoms with Gasteiger partial charge in [-0.2, -0.15) is 0 Å². The molecule has 2 aromatic heterocycles. The Morgan fingerprint density at radius 1 is 1.06 bits per heavy atom. The number of aromatic nitrogens is 3. The lowest BCUT2D eigenvalue weighted by Gasteiger charge is -2.34. The Bertz CT molecular complexity index is 1330. The summed E-state index contributed by atoms with van der Waals surface area (Å²) < 4.78 is 5.80. The third-order valence-electron chi connectivity index (χ3n) is 6.44. The molecule has 0 atom stereocenters. The zero-order chi connectivity index (χ0) is 25.1. The van der Waals surface area contributed by atoms with E-state index in [2.05, 4.69) is 77.4 Å². The summed E-state index contributed by atoms with van der Waals surface area (Å²) in [6.07, 6.45) is 2.50. The van der Waals surface area contributed by atoms with Gasteiger partial charge in [0.25, 0.3) is 0 Å². The first-order chi connectivity index (χ1) is 17.5. The quantitative estimate of drug-likeness (QED) is 0.306. The standard InChI is InChI=1S/C28H34N6OS/c1-19(2)36-25-8-6-5-7-22(25)31-28-27-23(11-12-29-27)30-26(32-28)17-20-9-10-21(18-24(20)35-4)34-15-13-33(3)14-16-34/h5-12,18-19,29H,13-17H2,1-4H3,(H,30,31,32). The van der Waals surface area contributed by atoms with Crippen LogP contribution < -0.4 is 15.0 Å². The van der Waals surface area contributed by atoms with Gasteiger partial charge in [0.1, 0.15) is 17.1 Å². The summed E-state index contributed by atoms with van der Waals surface area (Å²) in [5, 5.41) is 4.06. The maximum Gasteiger partial charge on any atom is 0.158 e. The van der Waals surface area contributed by atoms with Gasteiger partial charge in [-0.1, -0.05) is 32.0 Å². The Morgan fingerprint density at radius 2 is 1.86 bits per heavy atom. The number of ether oxygens (including phenoxy) is 1. The number of benzene rings is 2. The Kier molecular flexibility index (Phi) is 7.34. The minimum absolute atomic E-state index is 0.487. The monoisotopic (exact) mass is 502 g/mol. The molecule has 188 valence electrons. The van der Waals surface area contributed by atoms with Crippen molar-refractivity contribution in [2.75, 3.05) is 50.6 Å². The average Bonchev–Trinajstić information content (AvgIpc) is 3.35. The van der Waals surface area contributed by atoms with Crippen molar-refractivity contribution in [2.24, 2.45) is 0 Å². The number of hydrogen-bond acceptors (Lipinski definition) is 7. The molecule has 1 fully saturated rings. The fourth-order valence-corrected chi connectivity index (χ4v) is 5.44. The highest BCUT2D eigenvalue weighted by molar-refractivity contribution is 8.00. The van der Waals surface area contributed by atoms with Crippen LogP contribution in [-0.2, 0) is 6.42 Å². The van der Waals surface area contributed by atoms with Crippen LogP contribution in [0.4, 0.5) is 17.2 Å². The molecule has 8 heteroatoms. The van der Waals surface area contributed by atoms with E-state index >= 15 is 0 Å². The zero-order valence-electron chi connectivity index (χ0n) is 21.4. The third kappa shape index (κ3) is 5.44. The van der Waals surface area contributed by atoms with Crippen molar-refractivity contribution in [3.05, 3.63) is 66.1 Å². The molecule has 1 aliphatic rings. The molecule has 0 unspecified atom stereocenters. The summed E-state index contributed by atoms with van der Waals surface area (Å²) in [6, 6.07) is 16.9. The predicted octanol–water partition coefficient (Wildman–Crippen LogP) is 5.55. The second-order valence-electron chi connectivity index (χ2n) is 9.48. The SMILES string of the molecule is COc1cc(N2CCN(C)CC2)ccc1Cc1nc(Nc2ccccc2SC(C)C)c2[nH]ccc2n1. The molecule has 0 bridgehead atoms. The molecule has 0 amide bonds. The molecule has 0 aliphatic carbocycles. The van der Waals surface area contributed by atoms with Crippen molar-refractivity contribution >= 4 is 40.0 Å². The van der Waals surface area contributed by atoms with Gasteiger partial charge >= 0.3 is 0 Å². The highest BCUT2D eigenvalue weighted by Crippen LogP contribution is 2.34. The summed E-state index contributed by atoms with van der Waals surface area (Å²) in [5.41, 5.74) is 5.12. The molecule has 7 nitrogen and oxygen atoms in total. The van der Waals surface area contributed by atoms with Crippen LogP contribution in [0, 0.1) is 0 Å². The number of thioether (sulfide) groups is 1. The Labute approximate surface area is 217 Å². The van der Waals surface area contributed by atoms with Gasteiger partial charge in [0.2, 0.25) is 0 Å². The van der Waals surface area contributed by atoms with Crippen molar-refractivity contribution < 1.29 is 4.74 Å². The van der Waals surface area contributed by atoms with E-state index in [-0.39, 0.29) is 0 Å². The smallest absolute Gasteiger partial charge is 0.158 e. The van der Waals surface area contributed by atoms with Gasteiger partial charge in [-0.05, 0) is 31.3 Å².